The van der Waals surface area contributed by atoms with Gasteiger partial charge < -0.3 is 11.1 Å². The van der Waals surface area contributed by atoms with E-state index in [4.69, 9.17) is 5.73 Å². The molecule has 0 aliphatic rings. The van der Waals surface area contributed by atoms with Gasteiger partial charge in [0, 0.05) is 12.5 Å². The van der Waals surface area contributed by atoms with Crippen LogP contribution < -0.4 is 11.1 Å². The molecule has 9 heavy (non-hydrogen) atoms. The molecule has 0 saturated carbocycles. The van der Waals surface area contributed by atoms with Crippen molar-refractivity contribution in [1.82, 2.24) is 5.32 Å². The van der Waals surface area contributed by atoms with E-state index in [0.29, 0.717) is 6.42 Å². The molecule has 3 N–H and O–H groups in total. The molecule has 0 bridgehead atoms. The predicted octanol–water partition coefficient (Wildman–Crippen LogP) is -0.140. The van der Waals surface area contributed by atoms with Gasteiger partial charge in [0.1, 0.15) is 0 Å². The highest BCUT2D eigenvalue weighted by Crippen LogP contribution is 1.93. The predicted molar refractivity (Wildman–Crippen MR) is 37.0 cm³/mol. The van der Waals surface area contributed by atoms with Gasteiger partial charge in [-0.05, 0) is 13.5 Å². The molecular weight excluding hydrogens is 116 g/mol. The van der Waals surface area contributed by atoms with E-state index >= 15 is 0 Å². The van der Waals surface area contributed by atoms with Crippen LogP contribution in [0.5, 0.6) is 0 Å². The van der Waals surface area contributed by atoms with Crippen molar-refractivity contribution in [3.8, 4) is 0 Å². The quantitative estimate of drug-likeness (QED) is 0.556. The Bertz CT molecular complexity index is 89.1. The van der Waals surface area contributed by atoms with Crippen molar-refractivity contribution in [3.63, 3.8) is 0 Å². The number of carbonyl (C=O) groups is 1. The summed E-state index contributed by atoms with van der Waals surface area (Å²) in [7, 11) is 1.83. The van der Waals surface area contributed by atoms with Crippen molar-refractivity contribution in [1.29, 1.82) is 0 Å². The zero-order valence-electron chi connectivity index (χ0n) is 5.98. The first-order valence-electron chi connectivity index (χ1n) is 3.16. The van der Waals surface area contributed by atoms with Crippen LogP contribution in [0.4, 0.5) is 0 Å². The van der Waals surface area contributed by atoms with E-state index in [1.165, 1.54) is 0 Å². The van der Waals surface area contributed by atoms with E-state index in [1.54, 1.807) is 0 Å². The molecule has 0 aliphatic heterocycles. The summed E-state index contributed by atoms with van der Waals surface area (Å²) < 4.78 is 0. The normalized spacial score (nSPS) is 13.1. The molecule has 0 radical (unpaired) electrons. The fourth-order valence-electron chi connectivity index (χ4n) is 0.693. The number of hydrogen-bond donors (Lipinski definition) is 2. The average Bonchev–Trinajstić information content (AvgIpc) is 1.82. The fourth-order valence-corrected chi connectivity index (χ4v) is 0.693. The van der Waals surface area contributed by atoms with E-state index in [1.807, 2.05) is 14.0 Å². The van der Waals surface area contributed by atoms with Gasteiger partial charge in [0.25, 0.3) is 0 Å². The third-order valence-corrected chi connectivity index (χ3v) is 1.35. The highest BCUT2D eigenvalue weighted by atomic mass is 16.1. The van der Waals surface area contributed by atoms with Crippen molar-refractivity contribution < 1.29 is 4.79 Å². The monoisotopic (exact) mass is 130 g/mol. The lowest BCUT2D eigenvalue weighted by atomic mass is 10.1. The number of amides is 1. The minimum absolute atomic E-state index is 0.240. The Morgan fingerprint density at radius 2 is 2.33 bits per heavy atom. The van der Waals surface area contributed by atoms with Crippen LogP contribution in [-0.2, 0) is 4.79 Å². The summed E-state index contributed by atoms with van der Waals surface area (Å²) in [5.41, 5.74) is 4.97. The van der Waals surface area contributed by atoms with Gasteiger partial charge in [-0.1, -0.05) is 6.92 Å². The van der Waals surface area contributed by atoms with Gasteiger partial charge in [0.15, 0.2) is 0 Å². The number of rotatable bonds is 4. The Morgan fingerprint density at radius 1 is 1.78 bits per heavy atom. The van der Waals surface area contributed by atoms with E-state index in [0.717, 1.165) is 6.42 Å². The smallest absolute Gasteiger partial charge is 0.218 e. The molecule has 0 aromatic rings. The fraction of sp³-hybridized carbons (Fsp3) is 0.833. The Morgan fingerprint density at radius 3 is 2.44 bits per heavy atom. The number of primary amides is 1. The van der Waals surface area contributed by atoms with Crippen LogP contribution >= 0.6 is 0 Å². The summed E-state index contributed by atoms with van der Waals surface area (Å²) in [6.07, 6.45) is 1.38. The maximum Gasteiger partial charge on any atom is 0.218 e. The number of carbonyl (C=O) groups excluding carboxylic acids is 1. The highest BCUT2D eigenvalue weighted by molar-refractivity contribution is 5.74. The van der Waals surface area contributed by atoms with Crippen molar-refractivity contribution >= 4 is 5.91 Å². The van der Waals surface area contributed by atoms with Crippen LogP contribution in [0.25, 0.3) is 0 Å². The largest absolute Gasteiger partial charge is 0.370 e. The van der Waals surface area contributed by atoms with Gasteiger partial charge >= 0.3 is 0 Å². The summed E-state index contributed by atoms with van der Waals surface area (Å²) >= 11 is 0. The summed E-state index contributed by atoms with van der Waals surface area (Å²) in [5.74, 6) is -0.240. The van der Waals surface area contributed by atoms with Gasteiger partial charge in [-0.25, -0.2) is 0 Å². The van der Waals surface area contributed by atoms with E-state index < -0.39 is 0 Å². The van der Waals surface area contributed by atoms with Gasteiger partial charge in [-0.2, -0.15) is 0 Å². The second kappa shape index (κ2) is 4.32. The molecule has 3 heteroatoms. The number of hydrogen-bond acceptors (Lipinski definition) is 2. The van der Waals surface area contributed by atoms with Crippen molar-refractivity contribution in [3.05, 3.63) is 0 Å². The maximum absolute atomic E-state index is 10.3. The Kier molecular flexibility index (Phi) is 4.05. The molecule has 0 fully saturated rings. The van der Waals surface area contributed by atoms with Crippen LogP contribution in [-0.4, -0.2) is 19.0 Å². The van der Waals surface area contributed by atoms with Gasteiger partial charge in [0.05, 0.1) is 0 Å². The Balaban J connectivity index is 3.43. The second-order valence-corrected chi connectivity index (χ2v) is 2.06. The third kappa shape index (κ3) is 3.97. The van der Waals surface area contributed by atoms with Crippen LogP contribution in [0.15, 0.2) is 0 Å². The summed E-state index contributed by atoms with van der Waals surface area (Å²) in [4.78, 5) is 10.3. The molecule has 0 aromatic carbocycles. The lowest BCUT2D eigenvalue weighted by Gasteiger charge is -2.09. The molecular formula is C6H14N2O. The summed E-state index contributed by atoms with van der Waals surface area (Å²) in [6.45, 7) is 2.02. The maximum atomic E-state index is 10.3. The molecule has 3 nitrogen and oxygen atoms in total. The number of nitrogens with two attached hydrogens (primary N) is 1. The van der Waals surface area contributed by atoms with Crippen LogP contribution in [0.3, 0.4) is 0 Å². The molecule has 0 aliphatic carbocycles. The zero-order chi connectivity index (χ0) is 7.28. The third-order valence-electron chi connectivity index (χ3n) is 1.35. The zero-order valence-corrected chi connectivity index (χ0v) is 5.98. The molecule has 0 spiro atoms. The van der Waals surface area contributed by atoms with Crippen LogP contribution in [0, 0.1) is 0 Å². The van der Waals surface area contributed by atoms with E-state index in [-0.39, 0.29) is 11.9 Å². The summed E-state index contributed by atoms with van der Waals surface area (Å²) in [5, 5.41) is 2.98. The standard InChI is InChI=1S/C6H14N2O/c1-3-5(8-2)4-6(7)9/h5,8H,3-4H2,1-2H3,(H2,7,9). The minimum Gasteiger partial charge on any atom is -0.370 e. The van der Waals surface area contributed by atoms with Crippen molar-refractivity contribution in [2.75, 3.05) is 7.05 Å². The topological polar surface area (TPSA) is 55.1 Å². The molecule has 1 unspecified atom stereocenters. The SMILES string of the molecule is CCC(CC(N)=O)NC. The lowest BCUT2D eigenvalue weighted by molar-refractivity contribution is -0.118. The van der Waals surface area contributed by atoms with E-state index in [2.05, 4.69) is 5.32 Å². The second-order valence-electron chi connectivity index (χ2n) is 2.06. The lowest BCUT2D eigenvalue weighted by Crippen LogP contribution is -2.29. The first-order chi connectivity index (χ1) is 4.20. The summed E-state index contributed by atoms with van der Waals surface area (Å²) in [6, 6.07) is 0.252. The van der Waals surface area contributed by atoms with Crippen molar-refractivity contribution in [2.24, 2.45) is 5.73 Å². The van der Waals surface area contributed by atoms with E-state index in [9.17, 15) is 4.79 Å². The molecule has 0 aromatic heterocycles. The number of nitrogens with one attached hydrogen (secondary N) is 1. The van der Waals surface area contributed by atoms with Crippen LogP contribution in [0.2, 0.25) is 0 Å². The first-order valence-corrected chi connectivity index (χ1v) is 3.16. The molecule has 0 heterocycles. The molecule has 0 saturated heterocycles. The van der Waals surface area contributed by atoms with Gasteiger partial charge in [-0.3, -0.25) is 4.79 Å². The Labute approximate surface area is 55.6 Å². The molecule has 54 valence electrons. The highest BCUT2D eigenvalue weighted by Gasteiger charge is 2.04. The molecule has 0 rings (SSSR count). The minimum atomic E-state index is -0.240. The van der Waals surface area contributed by atoms with Crippen LogP contribution in [0.1, 0.15) is 19.8 Å². The Hall–Kier alpha value is -0.570. The molecule has 1 amide bonds. The van der Waals surface area contributed by atoms with Gasteiger partial charge in [0.2, 0.25) is 5.91 Å². The molecule has 1 atom stereocenters. The average molecular weight is 130 g/mol. The first kappa shape index (κ1) is 8.43. The van der Waals surface area contributed by atoms with Gasteiger partial charge in [-0.15, -0.1) is 0 Å². The van der Waals surface area contributed by atoms with Crippen molar-refractivity contribution in [2.45, 2.75) is 25.8 Å².